The maximum Gasteiger partial charge on any atom is 0.243 e. The van der Waals surface area contributed by atoms with Gasteiger partial charge in [-0.15, -0.1) is 0 Å². The third-order valence-corrected chi connectivity index (χ3v) is 7.32. The summed E-state index contributed by atoms with van der Waals surface area (Å²) in [6, 6.07) is 12.4. The van der Waals surface area contributed by atoms with Gasteiger partial charge in [0.25, 0.3) is 0 Å². The smallest absolute Gasteiger partial charge is 0.243 e. The first-order valence-electron chi connectivity index (χ1n) is 10.5. The van der Waals surface area contributed by atoms with Crippen LogP contribution in [-0.2, 0) is 14.8 Å². The number of rotatable bonds is 9. The zero-order valence-corrected chi connectivity index (χ0v) is 17.9. The highest BCUT2D eigenvalue weighted by Gasteiger charge is 2.28. The van der Waals surface area contributed by atoms with E-state index < -0.39 is 10.0 Å². The number of sulfonamides is 1. The number of carbonyl (C=O) groups excluding carboxylic acids is 1. The predicted octanol–water partition coefficient (Wildman–Crippen LogP) is 3.48. The molecule has 1 aromatic heterocycles. The Labute approximate surface area is 179 Å². The van der Waals surface area contributed by atoms with Gasteiger partial charge < -0.3 is 5.32 Å². The fourth-order valence-corrected chi connectivity index (χ4v) is 5.15. The van der Waals surface area contributed by atoms with Gasteiger partial charge in [0.2, 0.25) is 15.9 Å². The SMILES string of the molecule is O=C(/C=C/c1cccnc1)NCCCCC1CCN(S(=O)(=O)c2ccccc2)CC1. The minimum absolute atomic E-state index is 0.0988. The molecular weight excluding hydrogens is 398 g/mol. The van der Waals surface area contributed by atoms with Crippen molar-refractivity contribution in [1.29, 1.82) is 0 Å². The average molecular weight is 428 g/mol. The van der Waals surface area contributed by atoms with Crippen LogP contribution in [0.15, 0.2) is 65.8 Å². The second kappa shape index (κ2) is 11.0. The van der Waals surface area contributed by atoms with Crippen molar-refractivity contribution in [3.63, 3.8) is 0 Å². The molecule has 3 rings (SSSR count). The number of hydrogen-bond donors (Lipinski definition) is 1. The Bertz CT molecular complexity index is 923. The zero-order valence-electron chi connectivity index (χ0n) is 17.1. The molecule has 1 amide bonds. The third-order valence-electron chi connectivity index (χ3n) is 5.40. The van der Waals surface area contributed by atoms with Crippen molar-refractivity contribution in [2.45, 2.75) is 37.0 Å². The quantitative estimate of drug-likeness (QED) is 0.491. The molecule has 0 unspecified atom stereocenters. The lowest BCUT2D eigenvalue weighted by Gasteiger charge is -2.31. The number of nitrogens with one attached hydrogen (secondary N) is 1. The monoisotopic (exact) mass is 427 g/mol. The van der Waals surface area contributed by atoms with Crippen LogP contribution in [0, 0.1) is 5.92 Å². The fourth-order valence-electron chi connectivity index (χ4n) is 3.65. The van der Waals surface area contributed by atoms with Crippen LogP contribution in [0.3, 0.4) is 0 Å². The summed E-state index contributed by atoms with van der Waals surface area (Å²) in [6.07, 6.45) is 11.5. The summed E-state index contributed by atoms with van der Waals surface area (Å²) in [6.45, 7) is 1.81. The first-order valence-corrected chi connectivity index (χ1v) is 11.9. The van der Waals surface area contributed by atoms with Crippen molar-refractivity contribution in [1.82, 2.24) is 14.6 Å². The molecule has 0 aliphatic carbocycles. The molecule has 30 heavy (non-hydrogen) atoms. The van der Waals surface area contributed by atoms with Crippen LogP contribution in [0.5, 0.6) is 0 Å². The van der Waals surface area contributed by atoms with Crippen LogP contribution in [-0.4, -0.2) is 43.2 Å². The highest BCUT2D eigenvalue weighted by atomic mass is 32.2. The third kappa shape index (κ3) is 6.50. The number of nitrogens with zero attached hydrogens (tertiary/aromatic N) is 2. The highest BCUT2D eigenvalue weighted by molar-refractivity contribution is 7.89. The van der Waals surface area contributed by atoms with Gasteiger partial charge in [0, 0.05) is 38.1 Å². The zero-order chi connectivity index (χ0) is 21.2. The van der Waals surface area contributed by atoms with Crippen LogP contribution in [0.4, 0.5) is 0 Å². The molecule has 7 heteroatoms. The van der Waals surface area contributed by atoms with E-state index in [-0.39, 0.29) is 5.91 Å². The molecule has 0 bridgehead atoms. The summed E-state index contributed by atoms with van der Waals surface area (Å²) in [5.74, 6) is 0.451. The molecule has 1 aliphatic heterocycles. The van der Waals surface area contributed by atoms with E-state index >= 15 is 0 Å². The Balaban J connectivity index is 1.31. The molecule has 1 aliphatic rings. The standard InChI is InChI=1S/C23H29N3O3S/c27-23(12-11-21-8-6-15-24-19-21)25-16-5-4-7-20-13-17-26(18-14-20)30(28,29)22-9-2-1-3-10-22/h1-3,6,8-12,15,19-20H,4-5,7,13-14,16-18H2,(H,25,27)/b12-11+. The minimum Gasteiger partial charge on any atom is -0.353 e. The van der Waals surface area contributed by atoms with Crippen LogP contribution in [0.1, 0.15) is 37.7 Å². The van der Waals surface area contributed by atoms with Crippen molar-refractivity contribution in [3.8, 4) is 0 Å². The number of amides is 1. The van der Waals surface area contributed by atoms with Crippen molar-refractivity contribution < 1.29 is 13.2 Å². The molecular formula is C23H29N3O3S. The summed E-state index contributed by atoms with van der Waals surface area (Å²) < 4.78 is 27.0. The summed E-state index contributed by atoms with van der Waals surface area (Å²) >= 11 is 0. The molecule has 1 fully saturated rings. The Morgan fingerprint density at radius 1 is 1.10 bits per heavy atom. The maximum atomic E-state index is 12.7. The van der Waals surface area contributed by atoms with Crippen molar-refractivity contribution in [2.24, 2.45) is 5.92 Å². The van der Waals surface area contributed by atoms with Crippen LogP contribution in [0.25, 0.3) is 6.08 Å². The molecule has 2 heterocycles. The lowest BCUT2D eigenvalue weighted by molar-refractivity contribution is -0.116. The molecule has 0 atom stereocenters. The fraction of sp³-hybridized carbons (Fsp3) is 0.391. The maximum absolute atomic E-state index is 12.7. The van der Waals surface area contributed by atoms with E-state index in [0.717, 1.165) is 37.7 Å². The second-order valence-corrected chi connectivity index (χ2v) is 9.50. The Hall–Kier alpha value is -2.51. The topological polar surface area (TPSA) is 79.4 Å². The summed E-state index contributed by atoms with van der Waals surface area (Å²) in [5, 5.41) is 2.90. The Kier molecular flexibility index (Phi) is 8.16. The summed E-state index contributed by atoms with van der Waals surface area (Å²) in [5.41, 5.74) is 0.897. The van der Waals surface area contributed by atoms with Gasteiger partial charge >= 0.3 is 0 Å². The summed E-state index contributed by atoms with van der Waals surface area (Å²) in [7, 11) is -3.37. The number of piperidine rings is 1. The van der Waals surface area contributed by atoms with Gasteiger partial charge in [0.15, 0.2) is 0 Å². The minimum atomic E-state index is -3.37. The molecule has 0 radical (unpaired) electrons. The van der Waals surface area contributed by atoms with E-state index in [4.69, 9.17) is 0 Å². The molecule has 160 valence electrons. The summed E-state index contributed by atoms with van der Waals surface area (Å²) in [4.78, 5) is 16.2. The normalized spacial score (nSPS) is 16.0. The first-order chi connectivity index (χ1) is 14.6. The Morgan fingerprint density at radius 2 is 1.87 bits per heavy atom. The molecule has 0 saturated carbocycles. The number of pyridine rings is 1. The van der Waals surface area contributed by atoms with Crippen molar-refractivity contribution in [2.75, 3.05) is 19.6 Å². The number of carbonyl (C=O) groups is 1. The lowest BCUT2D eigenvalue weighted by Crippen LogP contribution is -2.38. The van der Waals surface area contributed by atoms with E-state index in [9.17, 15) is 13.2 Å². The van der Waals surface area contributed by atoms with E-state index in [2.05, 4.69) is 10.3 Å². The molecule has 0 spiro atoms. The largest absolute Gasteiger partial charge is 0.353 e. The predicted molar refractivity (Wildman–Crippen MR) is 118 cm³/mol. The second-order valence-electron chi connectivity index (χ2n) is 7.57. The van der Waals surface area contributed by atoms with Gasteiger partial charge in [0.05, 0.1) is 4.90 Å². The van der Waals surface area contributed by atoms with Crippen molar-refractivity contribution in [3.05, 3.63) is 66.5 Å². The Morgan fingerprint density at radius 3 is 2.57 bits per heavy atom. The van der Waals surface area contributed by atoms with Gasteiger partial charge in [-0.1, -0.05) is 37.1 Å². The van der Waals surface area contributed by atoms with Crippen molar-refractivity contribution >= 4 is 22.0 Å². The van der Waals surface area contributed by atoms with Gasteiger partial charge in [-0.25, -0.2) is 8.42 Å². The highest BCUT2D eigenvalue weighted by Crippen LogP contribution is 2.26. The van der Waals surface area contributed by atoms with E-state index in [1.54, 1.807) is 47.0 Å². The molecule has 2 aromatic rings. The lowest BCUT2D eigenvalue weighted by atomic mass is 9.92. The van der Waals surface area contributed by atoms with Gasteiger partial charge in [0.1, 0.15) is 0 Å². The molecule has 1 aromatic carbocycles. The van der Waals surface area contributed by atoms with Gasteiger partial charge in [-0.05, 0) is 55.0 Å². The van der Waals surface area contributed by atoms with E-state index in [0.29, 0.717) is 30.4 Å². The number of benzene rings is 1. The van der Waals surface area contributed by atoms with Crippen LogP contribution >= 0.6 is 0 Å². The van der Waals surface area contributed by atoms with E-state index in [1.807, 2.05) is 18.2 Å². The van der Waals surface area contributed by atoms with Crippen LogP contribution in [0.2, 0.25) is 0 Å². The number of hydrogen-bond acceptors (Lipinski definition) is 4. The molecule has 1 saturated heterocycles. The van der Waals surface area contributed by atoms with E-state index in [1.165, 1.54) is 6.08 Å². The first kappa shape index (κ1) is 22.2. The average Bonchev–Trinajstić information content (AvgIpc) is 2.79. The number of unbranched alkanes of at least 4 members (excludes halogenated alkanes) is 1. The van der Waals surface area contributed by atoms with Gasteiger partial charge in [-0.2, -0.15) is 4.31 Å². The number of aromatic nitrogens is 1. The molecule has 1 N–H and O–H groups in total. The van der Waals surface area contributed by atoms with Crippen LogP contribution < -0.4 is 5.32 Å². The molecule has 6 nitrogen and oxygen atoms in total. The van der Waals surface area contributed by atoms with Gasteiger partial charge in [-0.3, -0.25) is 9.78 Å².